The highest BCUT2D eigenvalue weighted by atomic mass is 33.1. The van der Waals surface area contributed by atoms with E-state index in [1.54, 1.807) is 0 Å². The maximum atomic E-state index is 9.58. The predicted molar refractivity (Wildman–Crippen MR) is 123 cm³/mol. The zero-order valence-electron chi connectivity index (χ0n) is 16.5. The molecule has 0 radical (unpaired) electrons. The minimum absolute atomic E-state index is 0.593. The summed E-state index contributed by atoms with van der Waals surface area (Å²) in [5.41, 5.74) is 7.46. The van der Waals surface area contributed by atoms with E-state index < -0.39 is 0 Å². The topological polar surface area (TPSA) is 79.2 Å². The molecule has 4 aromatic rings. The van der Waals surface area contributed by atoms with Gasteiger partial charge in [-0.15, -0.1) is 0 Å². The standard InChI is InChI=1S/C24H18N4S2/c1-15-7-3-5-9-19(15)21-11-17(13-25)23(27-21)29-30-24-18(14-26)12-22(28-24)20-10-6-4-8-16(20)2/h3-12,27-28H,1-2H3. The second-order valence-corrected chi connectivity index (χ2v) is 9.02. The smallest absolute Gasteiger partial charge is 0.102 e. The fourth-order valence-corrected chi connectivity index (χ4v) is 5.44. The van der Waals surface area contributed by atoms with Crippen LogP contribution in [0.1, 0.15) is 22.3 Å². The van der Waals surface area contributed by atoms with E-state index >= 15 is 0 Å². The molecule has 0 bridgehead atoms. The molecule has 0 spiro atoms. The van der Waals surface area contributed by atoms with Crippen LogP contribution >= 0.6 is 21.6 Å². The Labute approximate surface area is 183 Å². The summed E-state index contributed by atoms with van der Waals surface area (Å²) in [5, 5.41) is 20.7. The summed E-state index contributed by atoms with van der Waals surface area (Å²) >= 11 is 0. The number of aromatic amines is 2. The molecule has 2 N–H and O–H groups in total. The summed E-state index contributed by atoms with van der Waals surface area (Å²) in [5.74, 6) is 0. The van der Waals surface area contributed by atoms with Crippen LogP contribution in [0.25, 0.3) is 22.5 Å². The van der Waals surface area contributed by atoms with E-state index in [0.717, 1.165) is 43.7 Å². The maximum absolute atomic E-state index is 9.58. The van der Waals surface area contributed by atoms with Crippen LogP contribution in [0.15, 0.2) is 70.7 Å². The number of H-pyrrole nitrogens is 2. The van der Waals surface area contributed by atoms with Gasteiger partial charge in [0.15, 0.2) is 0 Å². The average molecular weight is 427 g/mol. The molecular weight excluding hydrogens is 408 g/mol. The molecule has 0 amide bonds. The normalized spacial score (nSPS) is 10.5. The Morgan fingerprint density at radius 3 is 1.43 bits per heavy atom. The summed E-state index contributed by atoms with van der Waals surface area (Å²) in [7, 11) is 2.89. The van der Waals surface area contributed by atoms with Crippen molar-refractivity contribution < 1.29 is 0 Å². The number of rotatable bonds is 5. The van der Waals surface area contributed by atoms with Crippen LogP contribution < -0.4 is 0 Å². The molecule has 2 aromatic carbocycles. The van der Waals surface area contributed by atoms with Crippen molar-refractivity contribution in [3.8, 4) is 34.7 Å². The second-order valence-electron chi connectivity index (χ2n) is 6.87. The van der Waals surface area contributed by atoms with Crippen molar-refractivity contribution in [3.63, 3.8) is 0 Å². The molecule has 0 fully saturated rings. The lowest BCUT2D eigenvalue weighted by molar-refractivity contribution is 1.18. The molecule has 6 heteroatoms. The van der Waals surface area contributed by atoms with Crippen LogP contribution in [0.5, 0.6) is 0 Å². The molecule has 0 aliphatic heterocycles. The van der Waals surface area contributed by atoms with Crippen LogP contribution in [0.2, 0.25) is 0 Å². The van der Waals surface area contributed by atoms with Gasteiger partial charge < -0.3 is 9.97 Å². The van der Waals surface area contributed by atoms with Crippen molar-refractivity contribution in [1.29, 1.82) is 10.5 Å². The first-order valence-electron chi connectivity index (χ1n) is 9.33. The molecule has 4 rings (SSSR count). The van der Waals surface area contributed by atoms with E-state index in [2.05, 4.69) is 48.1 Å². The predicted octanol–water partition coefficient (Wildman–Crippen LogP) is 6.84. The van der Waals surface area contributed by atoms with Gasteiger partial charge in [0.1, 0.15) is 22.2 Å². The molecule has 0 aliphatic rings. The Balaban J connectivity index is 1.61. The van der Waals surface area contributed by atoms with Crippen molar-refractivity contribution in [2.24, 2.45) is 0 Å². The van der Waals surface area contributed by atoms with Crippen LogP contribution in [-0.2, 0) is 0 Å². The van der Waals surface area contributed by atoms with E-state index in [9.17, 15) is 10.5 Å². The molecule has 4 nitrogen and oxygen atoms in total. The third kappa shape index (κ3) is 3.89. The van der Waals surface area contributed by atoms with Gasteiger partial charge in [-0.3, -0.25) is 0 Å². The van der Waals surface area contributed by atoms with Crippen LogP contribution in [0.4, 0.5) is 0 Å². The number of benzene rings is 2. The fourth-order valence-electron chi connectivity index (χ4n) is 3.29. The highest BCUT2D eigenvalue weighted by molar-refractivity contribution is 8.76. The van der Waals surface area contributed by atoms with Crippen LogP contribution in [0.3, 0.4) is 0 Å². The molecule has 0 saturated heterocycles. The zero-order chi connectivity index (χ0) is 21.1. The molecule has 2 heterocycles. The summed E-state index contributed by atoms with van der Waals surface area (Å²) < 4.78 is 0. The number of hydrogen-bond donors (Lipinski definition) is 2. The Bertz CT molecular complexity index is 1200. The van der Waals surface area contributed by atoms with Gasteiger partial charge in [0.2, 0.25) is 0 Å². The average Bonchev–Trinajstić information content (AvgIpc) is 3.36. The van der Waals surface area contributed by atoms with E-state index in [0.29, 0.717) is 11.1 Å². The van der Waals surface area contributed by atoms with Gasteiger partial charge in [-0.1, -0.05) is 48.5 Å². The van der Waals surface area contributed by atoms with E-state index in [1.165, 1.54) is 21.6 Å². The maximum Gasteiger partial charge on any atom is 0.102 e. The second kappa shape index (κ2) is 8.59. The van der Waals surface area contributed by atoms with E-state index in [-0.39, 0.29) is 0 Å². The quantitative estimate of drug-likeness (QED) is 0.343. The fraction of sp³-hybridized carbons (Fsp3) is 0.0833. The van der Waals surface area contributed by atoms with Gasteiger partial charge in [-0.05, 0) is 58.7 Å². The first-order valence-corrected chi connectivity index (χ1v) is 11.5. The number of nitrogens with zero attached hydrogens (tertiary/aromatic N) is 2. The number of aryl methyl sites for hydroxylation is 2. The summed E-state index contributed by atoms with van der Waals surface area (Å²) in [6, 6.07) is 24.4. The number of nitrogens with one attached hydrogen (secondary N) is 2. The zero-order valence-corrected chi connectivity index (χ0v) is 18.1. The highest BCUT2D eigenvalue weighted by Crippen LogP contribution is 2.42. The van der Waals surface area contributed by atoms with Gasteiger partial charge in [-0.2, -0.15) is 10.5 Å². The van der Waals surface area contributed by atoms with Crippen molar-refractivity contribution in [2.75, 3.05) is 0 Å². The lowest BCUT2D eigenvalue weighted by atomic mass is 10.1. The molecule has 0 unspecified atom stereocenters. The summed E-state index contributed by atoms with van der Waals surface area (Å²) in [6.45, 7) is 4.10. The van der Waals surface area contributed by atoms with Crippen LogP contribution in [0, 0.1) is 36.5 Å². The Hall–Kier alpha value is -3.32. The SMILES string of the molecule is Cc1ccccc1-c1cc(C#N)c(SSc2[nH]c(-c3ccccc3C)cc2C#N)[nH]1. The van der Waals surface area contributed by atoms with E-state index in [1.807, 2.05) is 48.5 Å². The Kier molecular flexibility index (Phi) is 5.72. The number of nitriles is 2. The summed E-state index contributed by atoms with van der Waals surface area (Å²) in [4.78, 5) is 6.74. The van der Waals surface area contributed by atoms with Gasteiger partial charge in [-0.25, -0.2) is 0 Å². The molecular formula is C24H18N4S2. The Morgan fingerprint density at radius 1 is 0.667 bits per heavy atom. The summed E-state index contributed by atoms with van der Waals surface area (Å²) in [6.07, 6.45) is 0. The molecule has 30 heavy (non-hydrogen) atoms. The highest BCUT2D eigenvalue weighted by Gasteiger charge is 2.16. The molecule has 0 atom stereocenters. The van der Waals surface area contributed by atoms with Crippen molar-refractivity contribution in [1.82, 2.24) is 9.97 Å². The monoisotopic (exact) mass is 426 g/mol. The van der Waals surface area contributed by atoms with Crippen molar-refractivity contribution in [2.45, 2.75) is 23.9 Å². The lowest BCUT2D eigenvalue weighted by Gasteiger charge is -2.03. The van der Waals surface area contributed by atoms with Gasteiger partial charge in [0, 0.05) is 22.5 Å². The number of hydrogen-bond acceptors (Lipinski definition) is 4. The third-order valence-corrected chi connectivity index (χ3v) is 7.19. The molecule has 0 saturated carbocycles. The van der Waals surface area contributed by atoms with Crippen molar-refractivity contribution in [3.05, 3.63) is 82.9 Å². The third-order valence-electron chi connectivity index (χ3n) is 4.88. The van der Waals surface area contributed by atoms with E-state index in [4.69, 9.17) is 0 Å². The molecule has 2 aromatic heterocycles. The van der Waals surface area contributed by atoms with Crippen molar-refractivity contribution >= 4 is 21.6 Å². The molecule has 146 valence electrons. The van der Waals surface area contributed by atoms with Gasteiger partial charge in [0.25, 0.3) is 0 Å². The number of aromatic nitrogens is 2. The van der Waals surface area contributed by atoms with Gasteiger partial charge >= 0.3 is 0 Å². The minimum atomic E-state index is 0.593. The first kappa shape index (κ1) is 20.0. The minimum Gasteiger partial charge on any atom is -0.348 e. The first-order chi connectivity index (χ1) is 14.6. The Morgan fingerprint density at radius 2 is 1.07 bits per heavy atom. The molecule has 0 aliphatic carbocycles. The van der Waals surface area contributed by atoms with Crippen LogP contribution in [-0.4, -0.2) is 9.97 Å². The largest absolute Gasteiger partial charge is 0.348 e. The van der Waals surface area contributed by atoms with Gasteiger partial charge in [0.05, 0.1) is 11.1 Å². The lowest BCUT2D eigenvalue weighted by Crippen LogP contribution is -1.82.